The van der Waals surface area contributed by atoms with Crippen molar-refractivity contribution in [3.8, 4) is 10.9 Å². The van der Waals surface area contributed by atoms with Crippen molar-refractivity contribution < 1.29 is 4.74 Å². The normalized spacial score (nSPS) is 10.5. The van der Waals surface area contributed by atoms with E-state index < -0.39 is 0 Å². The van der Waals surface area contributed by atoms with E-state index in [9.17, 15) is 0 Å². The van der Waals surface area contributed by atoms with Crippen LogP contribution in [-0.2, 0) is 12.8 Å². The van der Waals surface area contributed by atoms with E-state index in [0.29, 0.717) is 16.6 Å². The molecule has 1 heterocycles. The molecular formula is C13H16N2OS. The van der Waals surface area contributed by atoms with Gasteiger partial charge in [-0.25, -0.2) is 4.98 Å². The third-order valence-electron chi connectivity index (χ3n) is 2.57. The maximum Gasteiger partial charge on any atom is 0.278 e. The van der Waals surface area contributed by atoms with Crippen molar-refractivity contribution in [1.29, 1.82) is 0 Å². The van der Waals surface area contributed by atoms with E-state index in [1.54, 1.807) is 0 Å². The van der Waals surface area contributed by atoms with Gasteiger partial charge in [0.15, 0.2) is 5.75 Å². The Balaban J connectivity index is 2.18. The fourth-order valence-corrected chi connectivity index (χ4v) is 2.27. The van der Waals surface area contributed by atoms with Gasteiger partial charge in [0, 0.05) is 5.38 Å². The summed E-state index contributed by atoms with van der Waals surface area (Å²) in [6, 6.07) is 5.88. The van der Waals surface area contributed by atoms with Crippen LogP contribution in [0.5, 0.6) is 10.9 Å². The molecular weight excluding hydrogens is 232 g/mol. The van der Waals surface area contributed by atoms with Crippen LogP contribution in [0, 0.1) is 0 Å². The van der Waals surface area contributed by atoms with Crippen LogP contribution in [0.2, 0.25) is 0 Å². The van der Waals surface area contributed by atoms with Gasteiger partial charge in [0.05, 0.1) is 11.4 Å². The summed E-state index contributed by atoms with van der Waals surface area (Å²) in [5.41, 5.74) is 8.86. The molecule has 0 aliphatic rings. The standard InChI is InChI=1S/C13H16N2OS/c1-3-9-5-6-12(11(14)7-9)16-13-15-10(4-2)8-17-13/h5-8H,3-4,14H2,1-2H3. The van der Waals surface area contributed by atoms with Crippen LogP contribution in [0.1, 0.15) is 25.1 Å². The van der Waals surface area contributed by atoms with Crippen LogP contribution < -0.4 is 10.5 Å². The first kappa shape index (κ1) is 11.9. The number of hydrogen-bond donors (Lipinski definition) is 1. The minimum atomic E-state index is 0.651. The van der Waals surface area contributed by atoms with Gasteiger partial charge in [-0.1, -0.05) is 31.3 Å². The maximum absolute atomic E-state index is 5.94. The lowest BCUT2D eigenvalue weighted by Gasteiger charge is -2.06. The second-order valence-electron chi connectivity index (χ2n) is 3.79. The van der Waals surface area contributed by atoms with E-state index in [0.717, 1.165) is 18.5 Å². The van der Waals surface area contributed by atoms with Crippen molar-refractivity contribution in [2.45, 2.75) is 26.7 Å². The third kappa shape index (κ3) is 2.77. The Morgan fingerprint density at radius 3 is 2.71 bits per heavy atom. The number of aromatic nitrogens is 1. The van der Waals surface area contributed by atoms with Crippen molar-refractivity contribution in [2.24, 2.45) is 0 Å². The van der Waals surface area contributed by atoms with Gasteiger partial charge in [0.1, 0.15) is 0 Å². The minimum Gasteiger partial charge on any atom is -0.429 e. The highest BCUT2D eigenvalue weighted by Gasteiger charge is 2.06. The number of benzene rings is 1. The zero-order chi connectivity index (χ0) is 12.3. The highest BCUT2D eigenvalue weighted by Crippen LogP contribution is 2.30. The molecule has 0 bridgehead atoms. The van der Waals surface area contributed by atoms with Crippen LogP contribution >= 0.6 is 11.3 Å². The number of aryl methyl sites for hydroxylation is 2. The maximum atomic E-state index is 5.94. The molecule has 3 nitrogen and oxygen atoms in total. The first-order valence-electron chi connectivity index (χ1n) is 5.73. The van der Waals surface area contributed by atoms with E-state index in [2.05, 4.69) is 18.8 Å². The molecule has 0 amide bonds. The van der Waals surface area contributed by atoms with E-state index in [-0.39, 0.29) is 0 Å². The average molecular weight is 248 g/mol. The SMILES string of the molecule is CCc1ccc(Oc2nc(CC)cs2)c(N)c1. The predicted molar refractivity (Wildman–Crippen MR) is 71.8 cm³/mol. The number of rotatable bonds is 4. The molecule has 0 aliphatic carbocycles. The third-order valence-corrected chi connectivity index (χ3v) is 3.34. The van der Waals surface area contributed by atoms with Gasteiger partial charge in [0.25, 0.3) is 5.19 Å². The van der Waals surface area contributed by atoms with Gasteiger partial charge in [-0.2, -0.15) is 0 Å². The molecule has 0 saturated heterocycles. The quantitative estimate of drug-likeness (QED) is 0.840. The second kappa shape index (κ2) is 5.19. The molecule has 4 heteroatoms. The Kier molecular flexibility index (Phi) is 3.64. The lowest BCUT2D eigenvalue weighted by atomic mass is 10.1. The highest BCUT2D eigenvalue weighted by molar-refractivity contribution is 7.11. The fraction of sp³-hybridized carbons (Fsp3) is 0.308. The molecule has 1 aromatic carbocycles. The average Bonchev–Trinajstić information content (AvgIpc) is 2.79. The lowest BCUT2D eigenvalue weighted by Crippen LogP contribution is -1.93. The molecule has 0 unspecified atom stereocenters. The van der Waals surface area contributed by atoms with E-state index in [1.807, 2.05) is 23.6 Å². The Bertz CT molecular complexity index is 508. The van der Waals surface area contributed by atoms with Crippen molar-refractivity contribution in [2.75, 3.05) is 5.73 Å². The summed E-state index contributed by atoms with van der Waals surface area (Å²) in [6.45, 7) is 4.17. The number of anilines is 1. The fourth-order valence-electron chi connectivity index (χ4n) is 1.50. The first-order chi connectivity index (χ1) is 8.22. The molecule has 2 N–H and O–H groups in total. The monoisotopic (exact) mass is 248 g/mol. The van der Waals surface area contributed by atoms with E-state index in [4.69, 9.17) is 10.5 Å². The molecule has 0 spiro atoms. The lowest BCUT2D eigenvalue weighted by molar-refractivity contribution is 0.479. The number of thiazole rings is 1. The summed E-state index contributed by atoms with van der Waals surface area (Å²) in [4.78, 5) is 4.35. The van der Waals surface area contributed by atoms with Crippen molar-refractivity contribution >= 4 is 17.0 Å². The summed E-state index contributed by atoms with van der Waals surface area (Å²) in [5, 5.41) is 2.66. The van der Waals surface area contributed by atoms with Crippen LogP contribution in [0.4, 0.5) is 5.69 Å². The molecule has 0 atom stereocenters. The molecule has 90 valence electrons. The molecule has 0 saturated carbocycles. The Morgan fingerprint density at radius 1 is 1.29 bits per heavy atom. The molecule has 0 radical (unpaired) electrons. The number of ether oxygens (including phenoxy) is 1. The first-order valence-corrected chi connectivity index (χ1v) is 6.61. The summed E-state index contributed by atoms with van der Waals surface area (Å²) < 4.78 is 5.67. The summed E-state index contributed by atoms with van der Waals surface area (Å²) in [7, 11) is 0. The zero-order valence-corrected chi connectivity index (χ0v) is 10.9. The van der Waals surface area contributed by atoms with Gasteiger partial charge in [0.2, 0.25) is 0 Å². The number of nitrogen functional groups attached to an aromatic ring is 1. The van der Waals surface area contributed by atoms with Gasteiger partial charge >= 0.3 is 0 Å². The van der Waals surface area contributed by atoms with Gasteiger partial charge in [-0.3, -0.25) is 0 Å². The highest BCUT2D eigenvalue weighted by atomic mass is 32.1. The van der Waals surface area contributed by atoms with Crippen LogP contribution in [0.3, 0.4) is 0 Å². The molecule has 2 rings (SSSR count). The summed E-state index contributed by atoms with van der Waals surface area (Å²) >= 11 is 1.50. The Morgan fingerprint density at radius 2 is 2.12 bits per heavy atom. The van der Waals surface area contributed by atoms with Gasteiger partial charge in [-0.05, 0) is 30.5 Å². The Labute approximate surface area is 105 Å². The van der Waals surface area contributed by atoms with E-state index in [1.165, 1.54) is 16.9 Å². The molecule has 2 aromatic rings. The predicted octanol–water partition coefficient (Wildman–Crippen LogP) is 3.64. The van der Waals surface area contributed by atoms with Crippen LogP contribution in [0.25, 0.3) is 0 Å². The molecule has 0 aliphatic heterocycles. The molecule has 0 fully saturated rings. The summed E-state index contributed by atoms with van der Waals surface area (Å²) in [6.07, 6.45) is 1.89. The Hall–Kier alpha value is -1.55. The smallest absolute Gasteiger partial charge is 0.278 e. The van der Waals surface area contributed by atoms with Crippen molar-refractivity contribution in [1.82, 2.24) is 4.98 Å². The second-order valence-corrected chi connectivity index (χ2v) is 4.61. The van der Waals surface area contributed by atoms with Gasteiger partial charge < -0.3 is 10.5 Å². The van der Waals surface area contributed by atoms with E-state index >= 15 is 0 Å². The largest absolute Gasteiger partial charge is 0.429 e. The minimum absolute atomic E-state index is 0.651. The molecule has 1 aromatic heterocycles. The summed E-state index contributed by atoms with van der Waals surface area (Å²) in [5.74, 6) is 0.680. The number of nitrogens with zero attached hydrogens (tertiary/aromatic N) is 1. The zero-order valence-electron chi connectivity index (χ0n) is 10.1. The van der Waals surface area contributed by atoms with Crippen molar-refractivity contribution in [3.63, 3.8) is 0 Å². The van der Waals surface area contributed by atoms with Crippen molar-refractivity contribution in [3.05, 3.63) is 34.8 Å². The molecule has 17 heavy (non-hydrogen) atoms. The number of nitrogens with two attached hydrogens (primary N) is 1. The number of hydrogen-bond acceptors (Lipinski definition) is 4. The topological polar surface area (TPSA) is 48.1 Å². The van der Waals surface area contributed by atoms with Gasteiger partial charge in [-0.15, -0.1) is 0 Å². The van der Waals surface area contributed by atoms with Crippen LogP contribution in [0.15, 0.2) is 23.6 Å². The van der Waals surface area contributed by atoms with Crippen LogP contribution in [-0.4, -0.2) is 4.98 Å².